The van der Waals surface area contributed by atoms with Crippen LogP contribution in [-0.4, -0.2) is 24.4 Å². The highest BCUT2D eigenvalue weighted by Crippen LogP contribution is 2.00. The van der Waals surface area contributed by atoms with Gasteiger partial charge < -0.3 is 9.84 Å². The van der Waals surface area contributed by atoms with E-state index in [4.69, 9.17) is 4.74 Å². The molecule has 0 aliphatic carbocycles. The molecular formula is C8H18O2. The van der Waals surface area contributed by atoms with E-state index in [1.165, 1.54) is 0 Å². The van der Waals surface area contributed by atoms with Gasteiger partial charge in [0.25, 0.3) is 0 Å². The minimum absolute atomic E-state index is 0.156. The Kier molecular flexibility index (Phi) is 6.98. The Morgan fingerprint density at radius 1 is 1.30 bits per heavy atom. The van der Waals surface area contributed by atoms with Crippen LogP contribution in [-0.2, 0) is 4.74 Å². The van der Waals surface area contributed by atoms with E-state index in [0.717, 1.165) is 25.9 Å². The first-order chi connectivity index (χ1) is 4.81. The van der Waals surface area contributed by atoms with E-state index >= 15 is 0 Å². The Labute approximate surface area is 63.2 Å². The van der Waals surface area contributed by atoms with E-state index in [2.05, 4.69) is 6.92 Å². The van der Waals surface area contributed by atoms with Crippen LogP contribution in [0.15, 0.2) is 0 Å². The molecular weight excluding hydrogens is 128 g/mol. The Hall–Kier alpha value is -0.0800. The number of aliphatic hydroxyl groups is 1. The van der Waals surface area contributed by atoms with Gasteiger partial charge in [0.1, 0.15) is 0 Å². The van der Waals surface area contributed by atoms with Crippen LogP contribution in [0.2, 0.25) is 0 Å². The molecule has 0 aliphatic heterocycles. The largest absolute Gasteiger partial charge is 0.393 e. The van der Waals surface area contributed by atoms with E-state index in [1.807, 2.05) is 6.92 Å². The third kappa shape index (κ3) is 6.05. The van der Waals surface area contributed by atoms with Gasteiger partial charge in [-0.2, -0.15) is 0 Å². The normalized spacial score (nSPS) is 13.5. The van der Waals surface area contributed by atoms with Gasteiger partial charge in [-0.25, -0.2) is 0 Å². The highest BCUT2D eigenvalue weighted by atomic mass is 16.5. The first kappa shape index (κ1) is 9.92. The van der Waals surface area contributed by atoms with Gasteiger partial charge in [0.2, 0.25) is 0 Å². The van der Waals surface area contributed by atoms with E-state index in [9.17, 15) is 5.11 Å². The summed E-state index contributed by atoms with van der Waals surface area (Å²) in [6, 6.07) is 0. The second kappa shape index (κ2) is 7.03. The molecule has 0 saturated carbocycles. The van der Waals surface area contributed by atoms with Crippen LogP contribution in [0.5, 0.6) is 0 Å². The predicted octanol–water partition coefficient (Wildman–Crippen LogP) is 1.57. The highest BCUT2D eigenvalue weighted by Gasteiger charge is 2.00. The molecule has 0 bridgehead atoms. The van der Waals surface area contributed by atoms with Crippen LogP contribution in [0.25, 0.3) is 0 Å². The van der Waals surface area contributed by atoms with Crippen molar-refractivity contribution in [1.82, 2.24) is 0 Å². The molecule has 10 heavy (non-hydrogen) atoms. The molecule has 0 aliphatic rings. The van der Waals surface area contributed by atoms with E-state index in [0.29, 0.717) is 6.61 Å². The molecule has 2 nitrogen and oxygen atoms in total. The molecule has 0 rings (SSSR count). The zero-order valence-electron chi connectivity index (χ0n) is 6.97. The van der Waals surface area contributed by atoms with E-state index in [-0.39, 0.29) is 6.10 Å². The van der Waals surface area contributed by atoms with Crippen molar-refractivity contribution in [3.05, 3.63) is 0 Å². The van der Waals surface area contributed by atoms with Crippen molar-refractivity contribution in [3.8, 4) is 0 Å². The summed E-state index contributed by atoms with van der Waals surface area (Å²) in [4.78, 5) is 0. The standard InChI is InChI=1S/C8H18O2/c1-3-5-8(9)6-7-10-4-2/h8-9H,3-7H2,1-2H3. The van der Waals surface area contributed by atoms with Crippen LogP contribution in [0.4, 0.5) is 0 Å². The van der Waals surface area contributed by atoms with Crippen LogP contribution >= 0.6 is 0 Å². The first-order valence-electron chi connectivity index (χ1n) is 4.07. The molecule has 0 aromatic rings. The Bertz CT molecular complexity index is 64.3. The van der Waals surface area contributed by atoms with Crippen molar-refractivity contribution >= 4 is 0 Å². The lowest BCUT2D eigenvalue weighted by atomic mass is 10.1. The summed E-state index contributed by atoms with van der Waals surface area (Å²) in [6.07, 6.45) is 2.57. The van der Waals surface area contributed by atoms with Gasteiger partial charge in [-0.3, -0.25) is 0 Å². The van der Waals surface area contributed by atoms with Crippen molar-refractivity contribution in [2.24, 2.45) is 0 Å². The molecule has 1 N–H and O–H groups in total. The zero-order valence-corrected chi connectivity index (χ0v) is 6.97. The van der Waals surface area contributed by atoms with Gasteiger partial charge in [0.05, 0.1) is 6.10 Å². The maximum absolute atomic E-state index is 9.20. The number of ether oxygens (including phenoxy) is 1. The molecule has 0 heterocycles. The van der Waals surface area contributed by atoms with Crippen molar-refractivity contribution in [1.29, 1.82) is 0 Å². The van der Waals surface area contributed by atoms with Crippen molar-refractivity contribution in [3.63, 3.8) is 0 Å². The van der Waals surface area contributed by atoms with Crippen molar-refractivity contribution < 1.29 is 9.84 Å². The molecule has 0 aromatic heterocycles. The van der Waals surface area contributed by atoms with Gasteiger partial charge in [-0.15, -0.1) is 0 Å². The van der Waals surface area contributed by atoms with Crippen LogP contribution in [0.1, 0.15) is 33.1 Å². The maximum Gasteiger partial charge on any atom is 0.0562 e. The lowest BCUT2D eigenvalue weighted by molar-refractivity contribution is 0.0839. The van der Waals surface area contributed by atoms with Gasteiger partial charge in [0.15, 0.2) is 0 Å². The smallest absolute Gasteiger partial charge is 0.0562 e. The number of hydrogen-bond acceptors (Lipinski definition) is 2. The predicted molar refractivity (Wildman–Crippen MR) is 42.0 cm³/mol. The minimum atomic E-state index is -0.156. The molecule has 0 radical (unpaired) electrons. The minimum Gasteiger partial charge on any atom is -0.393 e. The molecule has 62 valence electrons. The lowest BCUT2D eigenvalue weighted by Crippen LogP contribution is -2.09. The summed E-state index contributed by atoms with van der Waals surface area (Å²) in [5.74, 6) is 0. The fourth-order valence-corrected chi connectivity index (χ4v) is 0.841. The molecule has 0 amide bonds. The van der Waals surface area contributed by atoms with Gasteiger partial charge in [-0.1, -0.05) is 13.3 Å². The summed E-state index contributed by atoms with van der Waals surface area (Å²) in [6.45, 7) is 5.48. The number of rotatable bonds is 6. The molecule has 0 aromatic carbocycles. The molecule has 0 spiro atoms. The molecule has 1 unspecified atom stereocenters. The first-order valence-corrected chi connectivity index (χ1v) is 4.07. The SMILES string of the molecule is CCCC(O)CCOCC. The van der Waals surface area contributed by atoms with E-state index < -0.39 is 0 Å². The van der Waals surface area contributed by atoms with Crippen molar-refractivity contribution in [2.75, 3.05) is 13.2 Å². The zero-order chi connectivity index (χ0) is 7.82. The second-order valence-corrected chi connectivity index (χ2v) is 2.43. The summed E-state index contributed by atoms with van der Waals surface area (Å²) in [5.41, 5.74) is 0. The lowest BCUT2D eigenvalue weighted by Gasteiger charge is -2.07. The number of hydrogen-bond donors (Lipinski definition) is 1. The summed E-state index contributed by atoms with van der Waals surface area (Å²) in [7, 11) is 0. The van der Waals surface area contributed by atoms with E-state index in [1.54, 1.807) is 0 Å². The van der Waals surface area contributed by atoms with Crippen LogP contribution < -0.4 is 0 Å². The van der Waals surface area contributed by atoms with Gasteiger partial charge >= 0.3 is 0 Å². The average molecular weight is 146 g/mol. The molecule has 0 saturated heterocycles. The Morgan fingerprint density at radius 2 is 2.00 bits per heavy atom. The fraction of sp³-hybridized carbons (Fsp3) is 1.00. The summed E-state index contributed by atoms with van der Waals surface area (Å²) >= 11 is 0. The van der Waals surface area contributed by atoms with Crippen LogP contribution in [0.3, 0.4) is 0 Å². The Balaban J connectivity index is 2.97. The summed E-state index contributed by atoms with van der Waals surface area (Å²) in [5, 5.41) is 9.20. The summed E-state index contributed by atoms with van der Waals surface area (Å²) < 4.78 is 5.09. The quantitative estimate of drug-likeness (QED) is 0.576. The monoisotopic (exact) mass is 146 g/mol. The molecule has 1 atom stereocenters. The number of aliphatic hydroxyl groups excluding tert-OH is 1. The molecule has 0 fully saturated rings. The third-order valence-electron chi connectivity index (χ3n) is 1.42. The molecule has 2 heteroatoms. The maximum atomic E-state index is 9.20. The van der Waals surface area contributed by atoms with Gasteiger partial charge in [-0.05, 0) is 19.8 Å². The van der Waals surface area contributed by atoms with Gasteiger partial charge in [0, 0.05) is 13.2 Å². The van der Waals surface area contributed by atoms with Crippen molar-refractivity contribution in [2.45, 2.75) is 39.2 Å². The Morgan fingerprint density at radius 3 is 2.50 bits per heavy atom. The third-order valence-corrected chi connectivity index (χ3v) is 1.42. The average Bonchev–Trinajstić information content (AvgIpc) is 1.89. The second-order valence-electron chi connectivity index (χ2n) is 2.43. The van der Waals surface area contributed by atoms with Crippen LogP contribution in [0, 0.1) is 0 Å². The topological polar surface area (TPSA) is 29.5 Å². The fourth-order valence-electron chi connectivity index (χ4n) is 0.841. The highest BCUT2D eigenvalue weighted by molar-refractivity contribution is 4.52.